The van der Waals surface area contributed by atoms with Gasteiger partial charge in [-0.05, 0) is 55.5 Å². The molecule has 2 aromatic carbocycles. The highest BCUT2D eigenvalue weighted by atomic mass is 19.1. The first-order valence-corrected chi connectivity index (χ1v) is 12.5. The molecular weight excluding hydrogens is 465 g/mol. The zero-order valence-electron chi connectivity index (χ0n) is 20.7. The van der Waals surface area contributed by atoms with Crippen LogP contribution in [0.15, 0.2) is 78.5 Å². The van der Waals surface area contributed by atoms with E-state index in [1.807, 2.05) is 48.0 Å². The molecular formula is C30H26FN5O. The van der Waals surface area contributed by atoms with Crippen molar-refractivity contribution in [3.63, 3.8) is 0 Å². The molecule has 6 nitrogen and oxygen atoms in total. The molecule has 0 amide bonds. The average Bonchev–Trinajstić information content (AvgIpc) is 3.32. The average molecular weight is 492 g/mol. The smallest absolute Gasteiger partial charge is 0.132 e. The predicted octanol–water partition coefficient (Wildman–Crippen LogP) is 6.33. The summed E-state index contributed by atoms with van der Waals surface area (Å²) < 4.78 is 16.9. The van der Waals surface area contributed by atoms with E-state index in [2.05, 4.69) is 23.0 Å². The molecule has 0 fully saturated rings. The number of hydrogen-bond donors (Lipinski definition) is 1. The molecule has 2 aromatic heterocycles. The summed E-state index contributed by atoms with van der Waals surface area (Å²) in [4.78, 5) is 8.33. The normalized spacial score (nSPS) is 22.8. The number of aliphatic hydroxyl groups is 1. The lowest BCUT2D eigenvalue weighted by atomic mass is 9.56. The van der Waals surface area contributed by atoms with Gasteiger partial charge in [0.15, 0.2) is 0 Å². The van der Waals surface area contributed by atoms with E-state index in [0.29, 0.717) is 23.3 Å². The molecule has 6 rings (SSSR count). The van der Waals surface area contributed by atoms with Gasteiger partial charge in [-0.25, -0.2) is 19.0 Å². The lowest BCUT2D eigenvalue weighted by Crippen LogP contribution is -2.45. The Hall–Kier alpha value is -4.31. The maximum absolute atomic E-state index is 15.0. The van der Waals surface area contributed by atoms with Crippen molar-refractivity contribution in [2.45, 2.75) is 38.5 Å². The zero-order valence-corrected chi connectivity index (χ0v) is 20.7. The summed E-state index contributed by atoms with van der Waals surface area (Å²) in [6.07, 6.45) is 5.19. The Balaban J connectivity index is 1.56. The number of fused-ring (bicyclic) bond motifs is 3. The number of hydrogen-bond acceptors (Lipinski definition) is 5. The summed E-state index contributed by atoms with van der Waals surface area (Å²) in [7, 11) is 0. The number of aromatic nitrogens is 4. The van der Waals surface area contributed by atoms with E-state index < -0.39 is 5.41 Å². The zero-order chi connectivity index (χ0) is 25.7. The van der Waals surface area contributed by atoms with Crippen LogP contribution in [0, 0.1) is 29.0 Å². The first-order valence-electron chi connectivity index (χ1n) is 12.5. The Morgan fingerprint density at radius 1 is 1.14 bits per heavy atom. The Labute approximate surface area is 214 Å². The topological polar surface area (TPSA) is 87.6 Å². The van der Waals surface area contributed by atoms with Crippen molar-refractivity contribution in [1.29, 1.82) is 5.26 Å². The van der Waals surface area contributed by atoms with Crippen molar-refractivity contribution in [3.05, 3.63) is 95.5 Å². The number of aliphatic hydroxyl groups excluding tert-OH is 1. The van der Waals surface area contributed by atoms with Crippen LogP contribution in [-0.2, 0) is 11.8 Å². The monoisotopic (exact) mass is 491 g/mol. The third-order valence-electron chi connectivity index (χ3n) is 8.19. The third-order valence-corrected chi connectivity index (χ3v) is 8.19. The molecule has 37 heavy (non-hydrogen) atoms. The SMILES string of the molecule is C[C@H]1C(O)=C(C#N)C[C@@]2(C)c3c(c(-c4ccccc4F)nn3-c3ccc(-c4ccncn4)cc3)CC[C@H]12. The summed E-state index contributed by atoms with van der Waals surface area (Å²) in [5.74, 6) is -0.139. The highest BCUT2D eigenvalue weighted by Crippen LogP contribution is 2.55. The fraction of sp³-hybridized carbons (Fsp3) is 0.267. The van der Waals surface area contributed by atoms with Gasteiger partial charge in [-0.1, -0.05) is 38.1 Å². The minimum atomic E-state index is -0.452. The molecule has 2 aliphatic rings. The molecule has 7 heteroatoms. The van der Waals surface area contributed by atoms with Gasteiger partial charge in [-0.15, -0.1) is 0 Å². The van der Waals surface area contributed by atoms with Gasteiger partial charge in [0, 0.05) is 34.2 Å². The fourth-order valence-electron chi connectivity index (χ4n) is 6.40. The molecule has 0 saturated heterocycles. The Morgan fingerprint density at radius 3 is 2.62 bits per heavy atom. The molecule has 184 valence electrons. The molecule has 0 spiro atoms. The molecule has 3 atom stereocenters. The van der Waals surface area contributed by atoms with Gasteiger partial charge in [0.25, 0.3) is 0 Å². The van der Waals surface area contributed by atoms with Crippen LogP contribution in [0.1, 0.15) is 37.9 Å². The van der Waals surface area contributed by atoms with Gasteiger partial charge in [0.05, 0.1) is 34.4 Å². The van der Waals surface area contributed by atoms with Crippen molar-refractivity contribution in [3.8, 4) is 34.3 Å². The minimum Gasteiger partial charge on any atom is -0.511 e. The van der Waals surface area contributed by atoms with E-state index in [1.54, 1.807) is 18.3 Å². The van der Waals surface area contributed by atoms with Crippen molar-refractivity contribution in [2.75, 3.05) is 0 Å². The lowest BCUT2D eigenvalue weighted by Gasteiger charge is -2.47. The summed E-state index contributed by atoms with van der Waals surface area (Å²) in [5.41, 5.74) is 5.70. The van der Waals surface area contributed by atoms with Gasteiger partial charge in [0.2, 0.25) is 0 Å². The molecule has 2 heterocycles. The summed E-state index contributed by atoms with van der Waals surface area (Å²) in [6.45, 7) is 4.16. The van der Waals surface area contributed by atoms with Crippen LogP contribution >= 0.6 is 0 Å². The van der Waals surface area contributed by atoms with Crippen LogP contribution in [0.25, 0.3) is 28.2 Å². The molecule has 0 radical (unpaired) electrons. The van der Waals surface area contributed by atoms with E-state index in [0.717, 1.165) is 41.0 Å². The second-order valence-corrected chi connectivity index (χ2v) is 10.2. The van der Waals surface area contributed by atoms with Gasteiger partial charge >= 0.3 is 0 Å². The maximum Gasteiger partial charge on any atom is 0.132 e. The second kappa shape index (κ2) is 8.67. The van der Waals surface area contributed by atoms with Crippen molar-refractivity contribution >= 4 is 0 Å². The van der Waals surface area contributed by atoms with E-state index in [9.17, 15) is 10.4 Å². The van der Waals surface area contributed by atoms with Crippen LogP contribution < -0.4 is 0 Å². The van der Waals surface area contributed by atoms with Crippen LogP contribution in [0.2, 0.25) is 0 Å². The number of benzene rings is 2. The minimum absolute atomic E-state index is 0.126. The van der Waals surface area contributed by atoms with Gasteiger partial charge < -0.3 is 5.11 Å². The number of nitrogens with zero attached hydrogens (tertiary/aromatic N) is 5. The van der Waals surface area contributed by atoms with E-state index in [-0.39, 0.29) is 23.4 Å². The molecule has 0 bridgehead atoms. The third kappa shape index (κ3) is 3.55. The molecule has 0 aliphatic heterocycles. The fourth-order valence-corrected chi connectivity index (χ4v) is 6.40. The van der Waals surface area contributed by atoms with Crippen LogP contribution in [0.3, 0.4) is 0 Å². The number of nitriles is 1. The van der Waals surface area contributed by atoms with Crippen LogP contribution in [0.4, 0.5) is 4.39 Å². The quantitative estimate of drug-likeness (QED) is 0.362. The summed E-state index contributed by atoms with van der Waals surface area (Å²) in [6, 6.07) is 18.8. The highest BCUT2D eigenvalue weighted by molar-refractivity contribution is 5.68. The predicted molar refractivity (Wildman–Crippen MR) is 138 cm³/mol. The van der Waals surface area contributed by atoms with Crippen molar-refractivity contribution < 1.29 is 9.50 Å². The van der Waals surface area contributed by atoms with Crippen molar-refractivity contribution in [2.24, 2.45) is 11.8 Å². The molecule has 0 saturated carbocycles. The van der Waals surface area contributed by atoms with Gasteiger partial charge in [0.1, 0.15) is 17.9 Å². The molecule has 2 aliphatic carbocycles. The molecule has 0 unspecified atom stereocenters. The number of halogens is 1. The van der Waals surface area contributed by atoms with Crippen LogP contribution in [0.5, 0.6) is 0 Å². The Morgan fingerprint density at radius 2 is 1.92 bits per heavy atom. The van der Waals surface area contributed by atoms with Gasteiger partial charge in [-0.2, -0.15) is 10.4 Å². The Bertz CT molecular complexity index is 1570. The van der Waals surface area contributed by atoms with Crippen molar-refractivity contribution in [1.82, 2.24) is 19.7 Å². The van der Waals surface area contributed by atoms with E-state index in [1.165, 1.54) is 12.4 Å². The first-order chi connectivity index (χ1) is 17.9. The molecule has 4 aromatic rings. The summed E-state index contributed by atoms with van der Waals surface area (Å²) in [5, 5.41) is 25.6. The second-order valence-electron chi connectivity index (χ2n) is 10.2. The highest BCUT2D eigenvalue weighted by Gasteiger charge is 2.51. The van der Waals surface area contributed by atoms with Gasteiger partial charge in [-0.3, -0.25) is 0 Å². The standard InChI is InChI=1S/C30H26FN5O/c1-18-24-12-11-23-27(22-5-3-4-6-25(22)31)35-36(29(23)30(24,2)15-20(16-32)28(18)37)21-9-7-19(8-10-21)26-13-14-33-17-34-26/h3-10,13-14,17-18,24,37H,11-12,15H2,1-2H3/t18-,24-,30-/m1/s1. The summed E-state index contributed by atoms with van der Waals surface area (Å²) >= 11 is 0. The largest absolute Gasteiger partial charge is 0.511 e. The maximum atomic E-state index is 15.0. The Kier molecular flexibility index (Phi) is 5.41. The number of rotatable bonds is 3. The number of allylic oxidation sites excluding steroid dienone is 2. The van der Waals surface area contributed by atoms with Crippen LogP contribution in [-0.4, -0.2) is 24.9 Å². The molecule has 1 N–H and O–H groups in total. The van der Waals surface area contributed by atoms with E-state index >= 15 is 4.39 Å². The first kappa shape index (κ1) is 23.1. The lowest BCUT2D eigenvalue weighted by molar-refractivity contribution is 0.134. The van der Waals surface area contributed by atoms with E-state index in [4.69, 9.17) is 5.10 Å².